The van der Waals surface area contributed by atoms with Gasteiger partial charge >= 0.3 is 11.9 Å². The molecule has 0 aromatic heterocycles. The molecular formula is C17H22O7. The first-order valence-electron chi connectivity index (χ1n) is 7.98. The van der Waals surface area contributed by atoms with Crippen molar-refractivity contribution >= 4 is 11.9 Å². The largest absolute Gasteiger partial charge is 0.491 e. The third kappa shape index (κ3) is 5.82. The van der Waals surface area contributed by atoms with Crippen LogP contribution < -0.4 is 4.74 Å². The van der Waals surface area contributed by atoms with Gasteiger partial charge in [0, 0.05) is 13.2 Å². The van der Waals surface area contributed by atoms with Crippen molar-refractivity contribution in [3.05, 3.63) is 29.8 Å². The van der Waals surface area contributed by atoms with Crippen molar-refractivity contribution in [2.75, 3.05) is 19.8 Å². The van der Waals surface area contributed by atoms with Crippen LogP contribution in [0, 0.1) is 0 Å². The lowest BCUT2D eigenvalue weighted by atomic mass is 10.2. The van der Waals surface area contributed by atoms with Crippen LogP contribution in [0.3, 0.4) is 0 Å². The molecule has 132 valence electrons. The first-order chi connectivity index (χ1) is 11.6. The smallest absolute Gasteiger partial charge is 0.335 e. The van der Waals surface area contributed by atoms with Gasteiger partial charge in [0.25, 0.3) is 0 Å². The van der Waals surface area contributed by atoms with Gasteiger partial charge in [-0.25, -0.2) is 9.59 Å². The fourth-order valence-corrected chi connectivity index (χ4v) is 2.43. The molecule has 7 heteroatoms. The number of ether oxygens (including phenoxy) is 3. The summed E-state index contributed by atoms with van der Waals surface area (Å²) in [5, 5.41) is 17.0. The molecule has 0 spiro atoms. The van der Waals surface area contributed by atoms with Crippen LogP contribution in [0.2, 0.25) is 0 Å². The highest BCUT2D eigenvalue weighted by Gasteiger charge is 2.22. The van der Waals surface area contributed by atoms with Gasteiger partial charge in [-0.2, -0.15) is 0 Å². The molecule has 1 aromatic carbocycles. The number of benzene rings is 1. The molecule has 0 unspecified atom stereocenters. The molecule has 3 rings (SSSR count). The molecule has 7 nitrogen and oxygen atoms in total. The highest BCUT2D eigenvalue weighted by Crippen LogP contribution is 2.16. The standard InChI is InChI=1S/C12H14O4.C5H8O3/c13-12(14)9-3-5-10(6-4-9)16-8-11-2-1-7-15-11;6-5(7)4-2-1-3-8-4/h3-6,11H,1-2,7-8H2,(H,13,14);4H,1-3H2,(H,6,7)/t11-;4-/m11/s1. The number of rotatable bonds is 5. The lowest BCUT2D eigenvalue weighted by Gasteiger charge is -2.11. The zero-order valence-electron chi connectivity index (χ0n) is 13.3. The van der Waals surface area contributed by atoms with Crippen LogP contribution in [0.5, 0.6) is 5.75 Å². The zero-order chi connectivity index (χ0) is 17.4. The summed E-state index contributed by atoms with van der Waals surface area (Å²) in [5.74, 6) is -1.08. The summed E-state index contributed by atoms with van der Waals surface area (Å²) in [7, 11) is 0. The van der Waals surface area contributed by atoms with Crippen molar-refractivity contribution < 1.29 is 34.0 Å². The van der Waals surface area contributed by atoms with Crippen molar-refractivity contribution in [1.82, 2.24) is 0 Å². The summed E-state index contributed by atoms with van der Waals surface area (Å²) in [6.07, 6.45) is 3.35. The van der Waals surface area contributed by atoms with E-state index >= 15 is 0 Å². The van der Waals surface area contributed by atoms with Crippen molar-refractivity contribution in [2.45, 2.75) is 37.9 Å². The van der Waals surface area contributed by atoms with E-state index in [0.29, 0.717) is 25.4 Å². The van der Waals surface area contributed by atoms with Crippen LogP contribution in [0.25, 0.3) is 0 Å². The summed E-state index contributed by atoms with van der Waals surface area (Å²) in [6.45, 7) is 1.95. The molecule has 2 N–H and O–H groups in total. The molecule has 24 heavy (non-hydrogen) atoms. The van der Waals surface area contributed by atoms with E-state index < -0.39 is 18.0 Å². The second kappa shape index (κ2) is 9.24. The molecule has 0 amide bonds. The normalized spacial score (nSPS) is 22.5. The Bertz CT molecular complexity index is 528. The van der Waals surface area contributed by atoms with E-state index in [1.54, 1.807) is 12.1 Å². The Morgan fingerprint density at radius 3 is 2.17 bits per heavy atom. The lowest BCUT2D eigenvalue weighted by Crippen LogP contribution is -2.17. The number of aromatic carboxylic acids is 1. The predicted octanol–water partition coefficient (Wildman–Crippen LogP) is 2.19. The van der Waals surface area contributed by atoms with E-state index in [2.05, 4.69) is 0 Å². The fourth-order valence-electron chi connectivity index (χ4n) is 2.43. The van der Waals surface area contributed by atoms with E-state index in [1.807, 2.05) is 0 Å². The van der Waals surface area contributed by atoms with E-state index in [9.17, 15) is 9.59 Å². The first kappa shape index (κ1) is 18.2. The number of carboxylic acid groups (broad SMARTS) is 2. The number of hydrogen-bond donors (Lipinski definition) is 2. The molecule has 1 aromatic rings. The highest BCUT2D eigenvalue weighted by atomic mass is 16.5. The Morgan fingerprint density at radius 1 is 1.04 bits per heavy atom. The topological polar surface area (TPSA) is 102 Å². The molecule has 2 atom stereocenters. The SMILES string of the molecule is O=C(O)[C@H]1CCCO1.O=C(O)c1ccc(OC[C@H]2CCCO2)cc1. The number of carbonyl (C=O) groups is 2. The van der Waals surface area contributed by atoms with Crippen LogP contribution in [0.15, 0.2) is 24.3 Å². The number of aliphatic carboxylic acids is 1. The van der Waals surface area contributed by atoms with Crippen molar-refractivity contribution in [3.8, 4) is 5.75 Å². The maximum Gasteiger partial charge on any atom is 0.335 e. The highest BCUT2D eigenvalue weighted by molar-refractivity contribution is 5.87. The maximum atomic E-state index is 10.6. The number of hydrogen-bond acceptors (Lipinski definition) is 5. The molecule has 2 aliphatic rings. The quantitative estimate of drug-likeness (QED) is 0.848. The van der Waals surface area contributed by atoms with Crippen molar-refractivity contribution in [3.63, 3.8) is 0 Å². The van der Waals surface area contributed by atoms with Crippen molar-refractivity contribution in [2.24, 2.45) is 0 Å². The third-order valence-corrected chi connectivity index (χ3v) is 3.77. The van der Waals surface area contributed by atoms with Gasteiger partial charge in [-0.3, -0.25) is 0 Å². The van der Waals surface area contributed by atoms with Gasteiger partial charge in [0.2, 0.25) is 0 Å². The average molecular weight is 338 g/mol. The summed E-state index contributed by atoms with van der Waals surface area (Å²) in [6, 6.07) is 6.40. The van der Waals surface area contributed by atoms with Gasteiger partial charge in [-0.05, 0) is 49.9 Å². The Balaban J connectivity index is 0.000000219. The van der Waals surface area contributed by atoms with Gasteiger partial charge < -0.3 is 24.4 Å². The minimum absolute atomic E-state index is 0.180. The van der Waals surface area contributed by atoms with Gasteiger partial charge in [0.05, 0.1) is 11.7 Å². The molecule has 0 radical (unpaired) electrons. The molecule has 2 saturated heterocycles. The first-order valence-corrected chi connectivity index (χ1v) is 7.98. The minimum Gasteiger partial charge on any atom is -0.491 e. The van der Waals surface area contributed by atoms with Crippen LogP contribution in [0.4, 0.5) is 0 Å². The average Bonchev–Trinajstić information content (AvgIpc) is 3.27. The second-order valence-corrected chi connectivity index (χ2v) is 5.62. The second-order valence-electron chi connectivity index (χ2n) is 5.62. The lowest BCUT2D eigenvalue weighted by molar-refractivity contribution is -0.147. The predicted molar refractivity (Wildman–Crippen MR) is 84.5 cm³/mol. The maximum absolute atomic E-state index is 10.6. The Labute approximate surface area is 140 Å². The summed E-state index contributed by atoms with van der Waals surface area (Å²) >= 11 is 0. The van der Waals surface area contributed by atoms with Gasteiger partial charge in [0.1, 0.15) is 12.4 Å². The van der Waals surface area contributed by atoms with E-state index in [0.717, 1.165) is 25.9 Å². The van der Waals surface area contributed by atoms with E-state index in [-0.39, 0.29) is 11.7 Å². The van der Waals surface area contributed by atoms with Gasteiger partial charge in [0.15, 0.2) is 6.10 Å². The monoisotopic (exact) mass is 338 g/mol. The molecule has 0 aliphatic carbocycles. The van der Waals surface area contributed by atoms with E-state index in [1.165, 1.54) is 12.1 Å². The summed E-state index contributed by atoms with van der Waals surface area (Å²) in [4.78, 5) is 20.7. The molecule has 2 heterocycles. The molecule has 2 aliphatic heterocycles. The van der Waals surface area contributed by atoms with Crippen LogP contribution >= 0.6 is 0 Å². The fraction of sp³-hybridized carbons (Fsp3) is 0.529. The van der Waals surface area contributed by atoms with Crippen LogP contribution in [-0.2, 0) is 14.3 Å². The van der Waals surface area contributed by atoms with Crippen LogP contribution in [0.1, 0.15) is 36.0 Å². The number of carboxylic acids is 2. The molecule has 2 fully saturated rings. The molecular weight excluding hydrogens is 316 g/mol. The van der Waals surface area contributed by atoms with Crippen molar-refractivity contribution in [1.29, 1.82) is 0 Å². The van der Waals surface area contributed by atoms with Gasteiger partial charge in [-0.1, -0.05) is 0 Å². The third-order valence-electron chi connectivity index (χ3n) is 3.77. The Kier molecular flexibility index (Phi) is 7.02. The summed E-state index contributed by atoms with van der Waals surface area (Å²) < 4.78 is 15.7. The van der Waals surface area contributed by atoms with Crippen LogP contribution in [-0.4, -0.2) is 54.2 Å². The Morgan fingerprint density at radius 2 is 1.71 bits per heavy atom. The van der Waals surface area contributed by atoms with Gasteiger partial charge in [-0.15, -0.1) is 0 Å². The zero-order valence-corrected chi connectivity index (χ0v) is 13.3. The van der Waals surface area contributed by atoms with E-state index in [4.69, 9.17) is 24.4 Å². The molecule has 0 saturated carbocycles. The Hall–Kier alpha value is -2.12. The minimum atomic E-state index is -0.925. The summed E-state index contributed by atoms with van der Waals surface area (Å²) in [5.41, 5.74) is 0.268. The molecule has 0 bridgehead atoms.